The number of methoxy groups -OCH3 is 2. The minimum absolute atomic E-state index is 0.102. The first kappa shape index (κ1) is 20.4. The van der Waals surface area contributed by atoms with Gasteiger partial charge < -0.3 is 9.47 Å². The summed E-state index contributed by atoms with van der Waals surface area (Å²) in [5, 5.41) is 7.43. The van der Waals surface area contributed by atoms with Gasteiger partial charge in [0.05, 0.1) is 31.7 Å². The van der Waals surface area contributed by atoms with Gasteiger partial charge in [-0.15, -0.1) is 0 Å². The Hall–Kier alpha value is -3.53. The molecule has 2 aliphatic rings. The standard InChI is InChI=1S/C28H28N2O2/c1-31-25-17-8-6-11-20(25)19-21-12-10-16-24-27(21)29-30(22-13-4-3-5-14-22)28(24)23-15-7-9-18-26(23)32-2/h3-9,11,13-15,17-19,24,28H,10,12,16H2,1-2H3/b21-19+/t24-,28-/m0/s1. The lowest BCUT2D eigenvalue weighted by atomic mass is 9.77. The summed E-state index contributed by atoms with van der Waals surface area (Å²) in [5.74, 6) is 2.11. The van der Waals surface area contributed by atoms with Gasteiger partial charge in [0.25, 0.3) is 0 Å². The van der Waals surface area contributed by atoms with Crippen LogP contribution in [0.1, 0.15) is 36.4 Å². The number of benzene rings is 3. The Morgan fingerprint density at radius 2 is 1.53 bits per heavy atom. The summed E-state index contributed by atoms with van der Waals surface area (Å²) < 4.78 is 11.4. The van der Waals surface area contributed by atoms with E-state index in [9.17, 15) is 0 Å². The Kier molecular flexibility index (Phi) is 5.68. The molecular weight excluding hydrogens is 396 g/mol. The Morgan fingerprint density at radius 3 is 2.31 bits per heavy atom. The van der Waals surface area contributed by atoms with Crippen molar-refractivity contribution < 1.29 is 9.47 Å². The second-order valence-corrected chi connectivity index (χ2v) is 8.26. The molecule has 0 saturated heterocycles. The number of fused-ring (bicyclic) bond motifs is 1. The fourth-order valence-corrected chi connectivity index (χ4v) is 4.99. The van der Waals surface area contributed by atoms with E-state index in [1.54, 1.807) is 14.2 Å². The number of hydrazone groups is 1. The van der Waals surface area contributed by atoms with E-state index in [0.29, 0.717) is 5.92 Å². The highest BCUT2D eigenvalue weighted by Gasteiger charge is 2.43. The Balaban J connectivity index is 1.62. The quantitative estimate of drug-likeness (QED) is 0.468. The van der Waals surface area contributed by atoms with Gasteiger partial charge in [0.2, 0.25) is 0 Å². The molecule has 3 aromatic rings. The molecule has 1 fully saturated rings. The molecule has 0 amide bonds. The predicted molar refractivity (Wildman–Crippen MR) is 130 cm³/mol. The van der Waals surface area contributed by atoms with Crippen molar-refractivity contribution >= 4 is 17.5 Å². The van der Waals surface area contributed by atoms with E-state index < -0.39 is 0 Å². The Morgan fingerprint density at radius 1 is 0.844 bits per heavy atom. The highest BCUT2D eigenvalue weighted by Crippen LogP contribution is 2.48. The zero-order valence-electron chi connectivity index (χ0n) is 18.6. The summed E-state index contributed by atoms with van der Waals surface area (Å²) in [6.07, 6.45) is 5.53. The summed E-state index contributed by atoms with van der Waals surface area (Å²) in [6.45, 7) is 0. The first-order valence-corrected chi connectivity index (χ1v) is 11.2. The van der Waals surface area contributed by atoms with Crippen LogP contribution in [0.5, 0.6) is 11.5 Å². The molecule has 1 aliphatic heterocycles. The number of anilines is 1. The van der Waals surface area contributed by atoms with E-state index in [0.717, 1.165) is 42.0 Å². The Labute approximate surface area is 189 Å². The van der Waals surface area contributed by atoms with E-state index in [1.165, 1.54) is 16.8 Å². The van der Waals surface area contributed by atoms with Gasteiger partial charge in [-0.3, -0.25) is 5.01 Å². The molecule has 32 heavy (non-hydrogen) atoms. The van der Waals surface area contributed by atoms with Crippen molar-refractivity contribution in [2.45, 2.75) is 25.3 Å². The molecule has 0 aromatic heterocycles. The normalized spacial score (nSPS) is 21.2. The monoisotopic (exact) mass is 424 g/mol. The van der Waals surface area contributed by atoms with Gasteiger partial charge in [0.15, 0.2) is 0 Å². The largest absolute Gasteiger partial charge is 0.496 e. The van der Waals surface area contributed by atoms with Crippen LogP contribution in [-0.2, 0) is 0 Å². The van der Waals surface area contributed by atoms with Gasteiger partial charge in [-0.05, 0) is 55.2 Å². The van der Waals surface area contributed by atoms with Gasteiger partial charge in [0.1, 0.15) is 11.5 Å². The second-order valence-electron chi connectivity index (χ2n) is 8.26. The van der Waals surface area contributed by atoms with Gasteiger partial charge >= 0.3 is 0 Å². The maximum Gasteiger partial charge on any atom is 0.126 e. The number of nitrogens with zero attached hydrogens (tertiary/aromatic N) is 2. The molecule has 0 radical (unpaired) electrons. The van der Waals surface area contributed by atoms with Crippen molar-refractivity contribution in [3.8, 4) is 11.5 Å². The Bertz CT molecular complexity index is 1150. The average Bonchev–Trinajstić information content (AvgIpc) is 3.25. The number of allylic oxidation sites excluding steroid dienone is 1. The maximum atomic E-state index is 5.77. The van der Waals surface area contributed by atoms with Crippen LogP contribution in [0.2, 0.25) is 0 Å². The highest BCUT2D eigenvalue weighted by molar-refractivity contribution is 6.08. The van der Waals surface area contributed by atoms with Crippen LogP contribution in [-0.4, -0.2) is 19.9 Å². The number of rotatable bonds is 5. The van der Waals surface area contributed by atoms with Crippen molar-refractivity contribution in [2.75, 3.05) is 19.2 Å². The fourth-order valence-electron chi connectivity index (χ4n) is 4.99. The minimum Gasteiger partial charge on any atom is -0.496 e. The average molecular weight is 425 g/mol. The molecule has 5 rings (SSSR count). The van der Waals surface area contributed by atoms with Gasteiger partial charge in [-0.1, -0.05) is 54.6 Å². The van der Waals surface area contributed by atoms with Gasteiger partial charge in [-0.25, -0.2) is 0 Å². The number of ether oxygens (including phenoxy) is 2. The molecule has 1 saturated carbocycles. The third-order valence-corrected chi connectivity index (χ3v) is 6.45. The third-order valence-electron chi connectivity index (χ3n) is 6.45. The SMILES string of the molecule is COc1ccccc1/C=C1\CCC[C@H]2C1=NN(c1ccccc1)[C@H]2c1ccccc1OC. The molecule has 162 valence electrons. The second kappa shape index (κ2) is 8.91. The lowest BCUT2D eigenvalue weighted by Gasteiger charge is -2.31. The van der Waals surface area contributed by atoms with Gasteiger partial charge in [0, 0.05) is 17.0 Å². The molecular formula is C28H28N2O2. The molecule has 1 aliphatic carbocycles. The van der Waals surface area contributed by atoms with Gasteiger partial charge in [-0.2, -0.15) is 5.10 Å². The van der Waals surface area contributed by atoms with Crippen LogP contribution in [0.3, 0.4) is 0 Å². The molecule has 3 aromatic carbocycles. The number of para-hydroxylation sites is 3. The van der Waals surface area contributed by atoms with E-state index >= 15 is 0 Å². The van der Waals surface area contributed by atoms with E-state index in [2.05, 4.69) is 59.6 Å². The predicted octanol–water partition coefficient (Wildman–Crippen LogP) is 6.50. The first-order chi connectivity index (χ1) is 15.8. The van der Waals surface area contributed by atoms with Crippen LogP contribution in [0.25, 0.3) is 6.08 Å². The zero-order chi connectivity index (χ0) is 21.9. The minimum atomic E-state index is 0.102. The highest BCUT2D eigenvalue weighted by atomic mass is 16.5. The van der Waals surface area contributed by atoms with Crippen LogP contribution < -0.4 is 14.5 Å². The molecule has 0 unspecified atom stereocenters. The van der Waals surface area contributed by atoms with Crippen LogP contribution in [0.4, 0.5) is 5.69 Å². The van der Waals surface area contributed by atoms with E-state index in [-0.39, 0.29) is 6.04 Å². The smallest absolute Gasteiger partial charge is 0.126 e. The van der Waals surface area contributed by atoms with Crippen molar-refractivity contribution in [3.63, 3.8) is 0 Å². The lowest BCUT2D eigenvalue weighted by molar-refractivity contribution is 0.395. The number of hydrogen-bond donors (Lipinski definition) is 0. The summed E-state index contributed by atoms with van der Waals surface area (Å²) in [4.78, 5) is 0. The van der Waals surface area contributed by atoms with Crippen LogP contribution in [0, 0.1) is 5.92 Å². The van der Waals surface area contributed by atoms with Crippen molar-refractivity contribution in [2.24, 2.45) is 11.0 Å². The van der Waals surface area contributed by atoms with Crippen molar-refractivity contribution in [1.82, 2.24) is 0 Å². The summed E-state index contributed by atoms with van der Waals surface area (Å²) in [5.41, 5.74) is 5.86. The molecule has 2 atom stereocenters. The maximum absolute atomic E-state index is 5.77. The molecule has 0 N–H and O–H groups in total. The third kappa shape index (κ3) is 3.66. The van der Waals surface area contributed by atoms with E-state index in [4.69, 9.17) is 14.6 Å². The van der Waals surface area contributed by atoms with Crippen LogP contribution in [0.15, 0.2) is 89.5 Å². The summed E-state index contributed by atoms with van der Waals surface area (Å²) in [7, 11) is 3.47. The zero-order valence-corrected chi connectivity index (χ0v) is 18.6. The van der Waals surface area contributed by atoms with Crippen molar-refractivity contribution in [1.29, 1.82) is 0 Å². The number of hydrogen-bond acceptors (Lipinski definition) is 4. The molecule has 4 heteroatoms. The molecule has 1 heterocycles. The summed E-state index contributed by atoms with van der Waals surface area (Å²) in [6, 6.07) is 27.1. The van der Waals surface area contributed by atoms with E-state index in [1.807, 2.05) is 30.3 Å². The fraction of sp³-hybridized carbons (Fsp3) is 0.250. The topological polar surface area (TPSA) is 34.1 Å². The van der Waals surface area contributed by atoms with Crippen molar-refractivity contribution in [3.05, 3.63) is 95.6 Å². The van der Waals surface area contributed by atoms with Crippen LogP contribution >= 0.6 is 0 Å². The lowest BCUT2D eigenvalue weighted by Crippen LogP contribution is -2.28. The first-order valence-electron chi connectivity index (χ1n) is 11.2. The molecule has 4 nitrogen and oxygen atoms in total. The molecule has 0 spiro atoms. The summed E-state index contributed by atoms with van der Waals surface area (Å²) >= 11 is 0. The molecule has 0 bridgehead atoms.